The van der Waals surface area contributed by atoms with Gasteiger partial charge in [0.2, 0.25) is 0 Å². The number of amides is 1. The molecule has 2 aromatic rings. The molecule has 28 heavy (non-hydrogen) atoms. The van der Waals surface area contributed by atoms with E-state index in [4.69, 9.17) is 32.7 Å². The summed E-state index contributed by atoms with van der Waals surface area (Å²) in [6, 6.07) is 8.58. The molecule has 8 nitrogen and oxygen atoms in total. The Morgan fingerprint density at radius 3 is 2.57 bits per heavy atom. The van der Waals surface area contributed by atoms with Crippen LogP contribution < -0.4 is 10.1 Å². The van der Waals surface area contributed by atoms with Gasteiger partial charge < -0.3 is 14.8 Å². The summed E-state index contributed by atoms with van der Waals surface area (Å²) in [5.74, 6) is -1.18. The number of anilines is 1. The molecule has 10 heteroatoms. The van der Waals surface area contributed by atoms with Gasteiger partial charge in [-0.1, -0.05) is 29.3 Å². The Hall–Kier alpha value is -2.84. The molecule has 0 aliphatic heterocycles. The molecular formula is C18H16Cl2N2O6. The number of aryl methyl sites for hydroxylation is 1. The van der Waals surface area contributed by atoms with Crippen molar-refractivity contribution in [1.82, 2.24) is 0 Å². The molecule has 0 aliphatic rings. The standard InChI is InChI=1S/C18H16Cl2N2O6/c1-10-3-5-13(22(25)26)8-15(10)21-17(23)9-27-18(24)11(2)28-16-6-4-12(19)7-14(16)20/h3-8,11H,9H2,1-2H3,(H,21,23)/t11-/m0/s1. The quantitative estimate of drug-likeness (QED) is 0.404. The van der Waals surface area contributed by atoms with Crippen LogP contribution in [0.15, 0.2) is 36.4 Å². The van der Waals surface area contributed by atoms with E-state index in [1.165, 1.54) is 37.3 Å². The number of nitrogens with zero attached hydrogens (tertiary/aromatic N) is 1. The second-order valence-corrected chi connectivity index (χ2v) is 6.59. The lowest BCUT2D eigenvalue weighted by Crippen LogP contribution is -2.30. The highest BCUT2D eigenvalue weighted by molar-refractivity contribution is 6.35. The minimum absolute atomic E-state index is 0.167. The molecule has 1 N–H and O–H groups in total. The van der Waals surface area contributed by atoms with Crippen LogP contribution in [0.1, 0.15) is 12.5 Å². The van der Waals surface area contributed by atoms with E-state index in [1.807, 2.05) is 0 Å². The number of esters is 1. The van der Waals surface area contributed by atoms with Crippen LogP contribution in [0.4, 0.5) is 11.4 Å². The summed E-state index contributed by atoms with van der Waals surface area (Å²) in [5.41, 5.74) is 0.714. The number of halogens is 2. The summed E-state index contributed by atoms with van der Waals surface area (Å²) < 4.78 is 10.3. The maximum Gasteiger partial charge on any atom is 0.347 e. The normalized spacial score (nSPS) is 11.4. The average Bonchev–Trinajstić information content (AvgIpc) is 2.63. The summed E-state index contributed by atoms with van der Waals surface area (Å²) in [4.78, 5) is 34.2. The molecular weight excluding hydrogens is 411 g/mol. The van der Waals surface area contributed by atoms with Crippen LogP contribution >= 0.6 is 23.2 Å². The molecule has 0 saturated carbocycles. The van der Waals surface area contributed by atoms with Crippen molar-refractivity contribution >= 4 is 46.5 Å². The van der Waals surface area contributed by atoms with Crippen LogP contribution in [0.25, 0.3) is 0 Å². The number of benzene rings is 2. The predicted molar refractivity (Wildman–Crippen MR) is 104 cm³/mol. The number of nitro groups is 1. The Morgan fingerprint density at radius 1 is 1.21 bits per heavy atom. The molecule has 1 atom stereocenters. The van der Waals surface area contributed by atoms with Gasteiger partial charge in [-0.25, -0.2) is 4.79 Å². The molecule has 0 spiro atoms. The third-order valence-corrected chi connectivity index (χ3v) is 4.11. The molecule has 0 bridgehead atoms. The van der Waals surface area contributed by atoms with Crippen molar-refractivity contribution in [2.24, 2.45) is 0 Å². The maximum atomic E-state index is 12.0. The minimum atomic E-state index is -1.02. The van der Waals surface area contributed by atoms with Crippen LogP contribution in [0, 0.1) is 17.0 Å². The van der Waals surface area contributed by atoms with E-state index in [0.29, 0.717) is 10.6 Å². The summed E-state index contributed by atoms with van der Waals surface area (Å²) >= 11 is 11.8. The number of ether oxygens (including phenoxy) is 2. The Balaban J connectivity index is 1.90. The molecule has 0 saturated heterocycles. The zero-order valence-electron chi connectivity index (χ0n) is 14.9. The van der Waals surface area contributed by atoms with Crippen LogP contribution in [0.5, 0.6) is 5.75 Å². The van der Waals surface area contributed by atoms with E-state index in [0.717, 1.165) is 0 Å². The van der Waals surface area contributed by atoms with Crippen molar-refractivity contribution in [2.45, 2.75) is 20.0 Å². The van der Waals surface area contributed by atoms with E-state index in [1.54, 1.807) is 13.0 Å². The van der Waals surface area contributed by atoms with Gasteiger partial charge in [-0.3, -0.25) is 14.9 Å². The fraction of sp³-hybridized carbons (Fsp3) is 0.222. The number of hydrogen-bond acceptors (Lipinski definition) is 6. The summed E-state index contributed by atoms with van der Waals surface area (Å²) in [6.45, 7) is 2.54. The maximum absolute atomic E-state index is 12.0. The third kappa shape index (κ3) is 5.83. The number of non-ortho nitro benzene ring substituents is 1. The number of hydrogen-bond donors (Lipinski definition) is 1. The molecule has 1 amide bonds. The van der Waals surface area contributed by atoms with Gasteiger partial charge in [0.15, 0.2) is 12.7 Å². The van der Waals surface area contributed by atoms with Crippen molar-refractivity contribution in [3.05, 3.63) is 62.1 Å². The predicted octanol–water partition coefficient (Wildman–Crippen LogP) is 4.16. The second kappa shape index (κ2) is 9.38. The van der Waals surface area contributed by atoms with Gasteiger partial charge in [0, 0.05) is 17.2 Å². The van der Waals surface area contributed by atoms with Gasteiger partial charge in [0.25, 0.3) is 11.6 Å². The first-order chi connectivity index (χ1) is 13.2. The van der Waals surface area contributed by atoms with Crippen molar-refractivity contribution < 1.29 is 24.0 Å². The highest BCUT2D eigenvalue weighted by atomic mass is 35.5. The first-order valence-electron chi connectivity index (χ1n) is 8.00. The molecule has 0 aliphatic carbocycles. The summed E-state index contributed by atoms with van der Waals surface area (Å²) in [5, 5.41) is 13.9. The van der Waals surface area contributed by atoms with Gasteiger partial charge in [-0.2, -0.15) is 0 Å². The van der Waals surface area contributed by atoms with E-state index >= 15 is 0 Å². The smallest absolute Gasteiger partial charge is 0.347 e. The number of rotatable bonds is 7. The first kappa shape index (κ1) is 21.5. The lowest BCUT2D eigenvalue weighted by molar-refractivity contribution is -0.384. The van der Waals surface area contributed by atoms with E-state index in [-0.39, 0.29) is 22.1 Å². The third-order valence-electron chi connectivity index (χ3n) is 3.58. The fourth-order valence-corrected chi connectivity index (χ4v) is 2.56. The average molecular weight is 427 g/mol. The fourth-order valence-electron chi connectivity index (χ4n) is 2.11. The lowest BCUT2D eigenvalue weighted by atomic mass is 10.2. The monoisotopic (exact) mass is 426 g/mol. The van der Waals surface area contributed by atoms with Crippen LogP contribution in [0.2, 0.25) is 10.0 Å². The Kier molecular flexibility index (Phi) is 7.19. The van der Waals surface area contributed by atoms with E-state index < -0.39 is 29.5 Å². The van der Waals surface area contributed by atoms with E-state index in [2.05, 4.69) is 5.32 Å². The SMILES string of the molecule is Cc1ccc([N+](=O)[O-])cc1NC(=O)COC(=O)[C@H](C)Oc1ccc(Cl)cc1Cl. The number of nitrogens with one attached hydrogen (secondary N) is 1. The van der Waals surface area contributed by atoms with E-state index in [9.17, 15) is 19.7 Å². The second-order valence-electron chi connectivity index (χ2n) is 5.75. The molecule has 0 heterocycles. The van der Waals surface area contributed by atoms with Gasteiger partial charge in [0.05, 0.1) is 15.6 Å². The van der Waals surface area contributed by atoms with Gasteiger partial charge >= 0.3 is 5.97 Å². The Bertz CT molecular complexity index is 919. The Morgan fingerprint density at radius 2 is 1.93 bits per heavy atom. The highest BCUT2D eigenvalue weighted by Crippen LogP contribution is 2.28. The van der Waals surface area contributed by atoms with Gasteiger partial charge in [0.1, 0.15) is 5.75 Å². The molecule has 0 aromatic heterocycles. The number of nitro benzene ring substituents is 1. The van der Waals surface area contributed by atoms with Crippen molar-refractivity contribution in [3.8, 4) is 5.75 Å². The molecule has 2 rings (SSSR count). The molecule has 0 unspecified atom stereocenters. The number of carbonyl (C=O) groups is 2. The zero-order valence-corrected chi connectivity index (χ0v) is 16.4. The van der Waals surface area contributed by atoms with Crippen LogP contribution in [0.3, 0.4) is 0 Å². The summed E-state index contributed by atoms with van der Waals surface area (Å²) in [7, 11) is 0. The van der Waals surface area contributed by atoms with Crippen molar-refractivity contribution in [3.63, 3.8) is 0 Å². The molecule has 2 aromatic carbocycles. The number of carbonyl (C=O) groups excluding carboxylic acids is 2. The van der Waals surface area contributed by atoms with Gasteiger partial charge in [-0.15, -0.1) is 0 Å². The topological polar surface area (TPSA) is 108 Å². The van der Waals surface area contributed by atoms with Gasteiger partial charge in [-0.05, 0) is 37.6 Å². The minimum Gasteiger partial charge on any atom is -0.477 e. The molecule has 0 radical (unpaired) electrons. The van der Waals surface area contributed by atoms with Crippen LogP contribution in [-0.2, 0) is 14.3 Å². The molecule has 0 fully saturated rings. The lowest BCUT2D eigenvalue weighted by Gasteiger charge is -2.15. The first-order valence-corrected chi connectivity index (χ1v) is 8.76. The Labute approximate surface area is 170 Å². The summed E-state index contributed by atoms with van der Waals surface area (Å²) in [6.07, 6.45) is -1.02. The van der Waals surface area contributed by atoms with Crippen LogP contribution in [-0.4, -0.2) is 29.5 Å². The highest BCUT2D eigenvalue weighted by Gasteiger charge is 2.19. The largest absolute Gasteiger partial charge is 0.477 e. The molecule has 148 valence electrons. The van der Waals surface area contributed by atoms with Crippen molar-refractivity contribution in [2.75, 3.05) is 11.9 Å². The van der Waals surface area contributed by atoms with Crippen molar-refractivity contribution in [1.29, 1.82) is 0 Å². The zero-order chi connectivity index (χ0) is 20.8.